The zero-order chi connectivity index (χ0) is 18.2. The Balaban J connectivity index is 1.72. The third-order valence-electron chi connectivity index (χ3n) is 4.56. The highest BCUT2D eigenvalue weighted by atomic mass is 35.5. The average Bonchev–Trinajstić information content (AvgIpc) is 3.36. The number of carbonyl (C=O) groups excluding carboxylic acids is 2. The first-order valence-corrected chi connectivity index (χ1v) is 8.73. The third-order valence-corrected chi connectivity index (χ3v) is 5.30. The molecule has 0 atom stereocenters. The van der Waals surface area contributed by atoms with Gasteiger partial charge >= 0.3 is 0 Å². The van der Waals surface area contributed by atoms with E-state index in [2.05, 4.69) is 10.6 Å². The molecule has 0 aliphatic heterocycles. The van der Waals surface area contributed by atoms with E-state index >= 15 is 0 Å². The molecule has 2 aromatic rings. The van der Waals surface area contributed by atoms with Crippen LogP contribution in [0.3, 0.4) is 0 Å². The van der Waals surface area contributed by atoms with E-state index in [0.29, 0.717) is 34.3 Å². The maximum atomic E-state index is 12.6. The van der Waals surface area contributed by atoms with Crippen molar-refractivity contribution < 1.29 is 9.59 Å². The predicted molar refractivity (Wildman–Crippen MR) is 101 cm³/mol. The summed E-state index contributed by atoms with van der Waals surface area (Å²) < 4.78 is 0. The van der Waals surface area contributed by atoms with E-state index in [1.165, 1.54) is 0 Å². The Hall–Kier alpha value is -2.04. The van der Waals surface area contributed by atoms with Crippen molar-refractivity contribution in [1.82, 2.24) is 0 Å². The molecule has 0 aromatic heterocycles. The molecule has 130 valence electrons. The number of halogens is 2. The van der Waals surface area contributed by atoms with Crippen LogP contribution in [0.4, 0.5) is 11.4 Å². The topological polar surface area (TPSA) is 58.2 Å². The molecule has 0 unspecified atom stereocenters. The number of rotatable bonds is 4. The Morgan fingerprint density at radius 3 is 1.92 bits per heavy atom. The number of nitrogens with one attached hydrogen (secondary N) is 2. The molecule has 0 saturated heterocycles. The first-order valence-electron chi connectivity index (χ1n) is 7.97. The second kappa shape index (κ2) is 6.70. The number of amides is 2. The number of hydrogen-bond acceptors (Lipinski definition) is 2. The molecule has 0 bridgehead atoms. The van der Waals surface area contributed by atoms with Crippen molar-refractivity contribution in [3.63, 3.8) is 0 Å². The predicted octanol–water partition coefficient (Wildman–Crippen LogP) is 4.97. The largest absolute Gasteiger partial charge is 0.325 e. The molecule has 0 spiro atoms. The fourth-order valence-electron chi connectivity index (χ4n) is 2.58. The summed E-state index contributed by atoms with van der Waals surface area (Å²) in [6.07, 6.45) is 1.05. The normalized spacial score (nSPS) is 14.7. The molecule has 4 nitrogen and oxygen atoms in total. The van der Waals surface area contributed by atoms with Gasteiger partial charge in [0, 0.05) is 11.4 Å². The van der Waals surface area contributed by atoms with Crippen molar-refractivity contribution in [2.24, 2.45) is 5.41 Å². The van der Waals surface area contributed by atoms with E-state index < -0.39 is 5.41 Å². The molecular weight excluding hydrogens is 359 g/mol. The quantitative estimate of drug-likeness (QED) is 0.740. The van der Waals surface area contributed by atoms with Crippen molar-refractivity contribution in [3.05, 3.63) is 57.6 Å². The van der Waals surface area contributed by atoms with Crippen LogP contribution >= 0.6 is 23.2 Å². The summed E-state index contributed by atoms with van der Waals surface area (Å²) in [6, 6.07) is 10.5. The second-order valence-corrected chi connectivity index (χ2v) is 7.23. The molecule has 2 aromatic carbocycles. The van der Waals surface area contributed by atoms with Gasteiger partial charge in [-0.05, 0) is 68.1 Å². The summed E-state index contributed by atoms with van der Waals surface area (Å²) in [5.41, 5.74) is 2.43. The number of anilines is 2. The van der Waals surface area contributed by atoms with Crippen LogP contribution in [0.1, 0.15) is 24.0 Å². The lowest BCUT2D eigenvalue weighted by Crippen LogP contribution is -2.35. The van der Waals surface area contributed by atoms with Crippen LogP contribution < -0.4 is 10.6 Å². The Kier molecular flexibility index (Phi) is 4.76. The van der Waals surface area contributed by atoms with E-state index in [4.69, 9.17) is 23.2 Å². The van der Waals surface area contributed by atoms with Crippen LogP contribution in [0.25, 0.3) is 0 Å². The molecule has 25 heavy (non-hydrogen) atoms. The van der Waals surface area contributed by atoms with Crippen molar-refractivity contribution in [1.29, 1.82) is 0 Å². The molecule has 1 aliphatic rings. The van der Waals surface area contributed by atoms with Gasteiger partial charge in [-0.2, -0.15) is 0 Å². The van der Waals surface area contributed by atoms with Gasteiger partial charge < -0.3 is 10.6 Å². The lowest BCUT2D eigenvalue weighted by molar-refractivity contribution is -0.131. The maximum Gasteiger partial charge on any atom is 0.240 e. The molecule has 0 heterocycles. The molecule has 0 radical (unpaired) electrons. The highest BCUT2D eigenvalue weighted by molar-refractivity contribution is 6.42. The average molecular weight is 377 g/mol. The standard InChI is InChI=1S/C19H18Cl2N2O2/c1-11-3-4-13(9-12(11)2)22-17(24)19(7-8-19)18(25)23-14-5-6-15(20)16(21)10-14/h3-6,9-10H,7-8H2,1-2H3,(H,22,24)(H,23,25). The van der Waals surface area contributed by atoms with Crippen LogP contribution in [0, 0.1) is 19.3 Å². The van der Waals surface area contributed by atoms with Gasteiger partial charge in [0.05, 0.1) is 10.0 Å². The Morgan fingerprint density at radius 2 is 1.40 bits per heavy atom. The van der Waals surface area contributed by atoms with Crippen LogP contribution in [-0.2, 0) is 9.59 Å². The number of benzene rings is 2. The first-order chi connectivity index (χ1) is 11.8. The Morgan fingerprint density at radius 1 is 0.840 bits per heavy atom. The van der Waals surface area contributed by atoms with Gasteiger partial charge in [0.1, 0.15) is 5.41 Å². The monoisotopic (exact) mass is 376 g/mol. The van der Waals surface area contributed by atoms with E-state index in [0.717, 1.165) is 11.1 Å². The molecule has 1 saturated carbocycles. The highest BCUT2D eigenvalue weighted by Crippen LogP contribution is 2.47. The van der Waals surface area contributed by atoms with Gasteiger partial charge in [0.15, 0.2) is 0 Å². The summed E-state index contributed by atoms with van der Waals surface area (Å²) in [7, 11) is 0. The third kappa shape index (κ3) is 3.65. The van der Waals surface area contributed by atoms with Gasteiger partial charge in [-0.25, -0.2) is 0 Å². The SMILES string of the molecule is Cc1ccc(NC(=O)C2(C(=O)Nc3ccc(Cl)c(Cl)c3)CC2)cc1C. The molecule has 1 fully saturated rings. The molecule has 3 rings (SSSR count). The van der Waals surface area contributed by atoms with Gasteiger partial charge in [0.2, 0.25) is 11.8 Å². The van der Waals surface area contributed by atoms with Crippen molar-refractivity contribution in [3.8, 4) is 0 Å². The zero-order valence-electron chi connectivity index (χ0n) is 14.0. The lowest BCUT2D eigenvalue weighted by Gasteiger charge is -2.16. The molecular formula is C19H18Cl2N2O2. The summed E-state index contributed by atoms with van der Waals surface area (Å²) in [5, 5.41) is 6.37. The van der Waals surface area contributed by atoms with Crippen LogP contribution in [0.5, 0.6) is 0 Å². The minimum absolute atomic E-state index is 0.284. The minimum Gasteiger partial charge on any atom is -0.325 e. The van der Waals surface area contributed by atoms with Crippen molar-refractivity contribution in [2.45, 2.75) is 26.7 Å². The number of hydrogen-bond donors (Lipinski definition) is 2. The van der Waals surface area contributed by atoms with Crippen LogP contribution in [0.2, 0.25) is 10.0 Å². The fraction of sp³-hybridized carbons (Fsp3) is 0.263. The molecule has 1 aliphatic carbocycles. The van der Waals surface area contributed by atoms with E-state index in [-0.39, 0.29) is 11.8 Å². The minimum atomic E-state index is -1.02. The van der Waals surface area contributed by atoms with E-state index in [1.807, 2.05) is 32.0 Å². The molecule has 6 heteroatoms. The lowest BCUT2D eigenvalue weighted by atomic mass is 10.0. The maximum absolute atomic E-state index is 12.6. The Labute approximate surface area is 156 Å². The van der Waals surface area contributed by atoms with E-state index in [9.17, 15) is 9.59 Å². The van der Waals surface area contributed by atoms with Crippen molar-refractivity contribution in [2.75, 3.05) is 10.6 Å². The fourth-order valence-corrected chi connectivity index (χ4v) is 2.87. The van der Waals surface area contributed by atoms with Crippen molar-refractivity contribution >= 4 is 46.4 Å². The number of aryl methyl sites for hydroxylation is 2. The van der Waals surface area contributed by atoms with E-state index in [1.54, 1.807) is 18.2 Å². The molecule has 2 amide bonds. The highest BCUT2D eigenvalue weighted by Gasteiger charge is 2.56. The first kappa shape index (κ1) is 17.8. The smallest absolute Gasteiger partial charge is 0.240 e. The van der Waals surface area contributed by atoms with Crippen LogP contribution in [-0.4, -0.2) is 11.8 Å². The van der Waals surface area contributed by atoms with Gasteiger partial charge in [0.25, 0.3) is 0 Å². The van der Waals surface area contributed by atoms with Gasteiger partial charge in [-0.3, -0.25) is 9.59 Å². The van der Waals surface area contributed by atoms with Gasteiger partial charge in [-0.1, -0.05) is 29.3 Å². The summed E-state index contributed by atoms with van der Waals surface area (Å²) >= 11 is 11.8. The van der Waals surface area contributed by atoms with Gasteiger partial charge in [-0.15, -0.1) is 0 Å². The summed E-state index contributed by atoms with van der Waals surface area (Å²) in [6.45, 7) is 3.99. The summed E-state index contributed by atoms with van der Waals surface area (Å²) in [4.78, 5) is 25.2. The summed E-state index contributed by atoms with van der Waals surface area (Å²) in [5.74, 6) is -0.611. The molecule has 2 N–H and O–H groups in total. The van der Waals surface area contributed by atoms with Crippen LogP contribution in [0.15, 0.2) is 36.4 Å². The zero-order valence-corrected chi connectivity index (χ0v) is 15.5. The Bertz CT molecular complexity index is 793. The second-order valence-electron chi connectivity index (χ2n) is 6.42. The number of carbonyl (C=O) groups is 2.